The van der Waals surface area contributed by atoms with E-state index in [1.807, 2.05) is 6.92 Å². The van der Waals surface area contributed by atoms with Crippen LogP contribution >= 0.6 is 0 Å². The first kappa shape index (κ1) is 10.0. The van der Waals surface area contributed by atoms with Crippen molar-refractivity contribution in [2.75, 3.05) is 0 Å². The lowest BCUT2D eigenvalue weighted by molar-refractivity contribution is 0.537. The molecule has 0 amide bonds. The molecule has 0 heterocycles. The molecule has 0 aromatic carbocycles. The van der Waals surface area contributed by atoms with Gasteiger partial charge in [0.05, 0.1) is 9.49 Å². The molecule has 12 heavy (non-hydrogen) atoms. The molecule has 0 saturated heterocycles. The van der Waals surface area contributed by atoms with Crippen molar-refractivity contribution in [3.8, 4) is 0 Å². The van der Waals surface area contributed by atoms with Gasteiger partial charge >= 0.3 is 0 Å². The van der Waals surface area contributed by atoms with Gasteiger partial charge in [-0.3, -0.25) is 0 Å². The summed E-state index contributed by atoms with van der Waals surface area (Å²) in [7, 11) is -2.91. The summed E-state index contributed by atoms with van der Waals surface area (Å²) in [6, 6.07) is 0. The standard InChI is InChI=1S/C9H18O2S/c1-5-9(6-7-9)12(10,11)8(2,3)4/h5-7H2,1-4H3. The third-order valence-electron chi connectivity index (χ3n) is 2.83. The zero-order chi connectivity index (χ0) is 9.62. The van der Waals surface area contributed by atoms with Gasteiger partial charge in [0.15, 0.2) is 9.84 Å². The highest BCUT2D eigenvalue weighted by molar-refractivity contribution is 7.94. The van der Waals surface area contributed by atoms with E-state index in [2.05, 4.69) is 0 Å². The van der Waals surface area contributed by atoms with Crippen molar-refractivity contribution in [1.29, 1.82) is 0 Å². The summed E-state index contributed by atoms with van der Waals surface area (Å²) in [6.07, 6.45) is 2.50. The van der Waals surface area contributed by atoms with Crippen molar-refractivity contribution in [1.82, 2.24) is 0 Å². The van der Waals surface area contributed by atoms with Crippen LogP contribution in [-0.4, -0.2) is 17.9 Å². The predicted molar refractivity (Wildman–Crippen MR) is 50.9 cm³/mol. The maximum absolute atomic E-state index is 12.0. The highest BCUT2D eigenvalue weighted by Gasteiger charge is 2.56. The van der Waals surface area contributed by atoms with E-state index >= 15 is 0 Å². The maximum Gasteiger partial charge on any atom is 0.160 e. The summed E-state index contributed by atoms with van der Waals surface area (Å²) >= 11 is 0. The van der Waals surface area contributed by atoms with Crippen LogP contribution < -0.4 is 0 Å². The molecule has 0 unspecified atom stereocenters. The second kappa shape index (κ2) is 2.47. The quantitative estimate of drug-likeness (QED) is 0.668. The van der Waals surface area contributed by atoms with Crippen molar-refractivity contribution < 1.29 is 8.42 Å². The summed E-state index contributed by atoms with van der Waals surface area (Å²) in [6.45, 7) is 7.34. The fourth-order valence-corrected chi connectivity index (χ4v) is 3.92. The highest BCUT2D eigenvalue weighted by atomic mass is 32.2. The molecule has 3 heteroatoms. The smallest absolute Gasteiger partial charge is 0.160 e. The Morgan fingerprint density at radius 3 is 1.75 bits per heavy atom. The molecule has 1 saturated carbocycles. The average Bonchev–Trinajstić information content (AvgIpc) is 2.64. The van der Waals surface area contributed by atoms with E-state index in [0.29, 0.717) is 0 Å². The number of hydrogen-bond donors (Lipinski definition) is 0. The average molecular weight is 190 g/mol. The Kier molecular flexibility index (Phi) is 2.07. The summed E-state index contributed by atoms with van der Waals surface area (Å²) in [5, 5.41) is 0. The Hall–Kier alpha value is -0.0500. The Balaban J connectivity index is 3.03. The first-order valence-electron chi connectivity index (χ1n) is 4.51. The first-order valence-corrected chi connectivity index (χ1v) is 5.99. The summed E-state index contributed by atoms with van der Waals surface area (Å²) in [4.78, 5) is 0. The number of hydrogen-bond acceptors (Lipinski definition) is 2. The van der Waals surface area contributed by atoms with Gasteiger partial charge < -0.3 is 0 Å². The van der Waals surface area contributed by atoms with Crippen molar-refractivity contribution in [3.63, 3.8) is 0 Å². The van der Waals surface area contributed by atoms with Crippen molar-refractivity contribution in [2.24, 2.45) is 0 Å². The minimum absolute atomic E-state index is 0.356. The fraction of sp³-hybridized carbons (Fsp3) is 1.00. The highest BCUT2D eigenvalue weighted by Crippen LogP contribution is 2.50. The fourth-order valence-electron chi connectivity index (χ4n) is 1.60. The molecular formula is C9H18O2S. The van der Waals surface area contributed by atoms with E-state index in [1.165, 1.54) is 0 Å². The molecule has 1 rings (SSSR count). The third-order valence-corrected chi connectivity index (χ3v) is 6.28. The topological polar surface area (TPSA) is 34.1 Å². The third kappa shape index (κ3) is 1.18. The zero-order valence-electron chi connectivity index (χ0n) is 8.35. The van der Waals surface area contributed by atoms with Crippen molar-refractivity contribution in [2.45, 2.75) is 56.5 Å². The second-order valence-electron chi connectivity index (χ2n) is 4.65. The van der Waals surface area contributed by atoms with Crippen LogP contribution in [0.4, 0.5) is 0 Å². The van der Waals surface area contributed by atoms with Crippen LogP contribution in [0.25, 0.3) is 0 Å². The van der Waals surface area contributed by atoms with E-state index in [0.717, 1.165) is 19.3 Å². The lowest BCUT2D eigenvalue weighted by Gasteiger charge is -2.25. The molecule has 0 aromatic heterocycles. The molecule has 0 N–H and O–H groups in total. The lowest BCUT2D eigenvalue weighted by Crippen LogP contribution is -2.38. The largest absolute Gasteiger partial charge is 0.228 e. The monoisotopic (exact) mass is 190 g/mol. The van der Waals surface area contributed by atoms with Gasteiger partial charge in [-0.1, -0.05) is 6.92 Å². The van der Waals surface area contributed by atoms with Gasteiger partial charge in [0.25, 0.3) is 0 Å². The predicted octanol–water partition coefficient (Wildman–Crippen LogP) is 2.14. The minimum Gasteiger partial charge on any atom is -0.228 e. The SMILES string of the molecule is CCC1(S(=O)(=O)C(C)(C)C)CC1. The van der Waals surface area contributed by atoms with Crippen LogP contribution in [-0.2, 0) is 9.84 Å². The summed E-state index contributed by atoms with van der Waals surface area (Å²) in [5.74, 6) is 0. The Labute approximate surface area is 75.3 Å². The molecule has 0 radical (unpaired) electrons. The molecule has 2 nitrogen and oxygen atoms in total. The molecule has 0 aliphatic heterocycles. The van der Waals surface area contributed by atoms with Crippen LogP contribution in [0.3, 0.4) is 0 Å². The Bertz CT molecular complexity index is 265. The van der Waals surface area contributed by atoms with Gasteiger partial charge in [-0.15, -0.1) is 0 Å². The normalized spacial score (nSPS) is 22.3. The van der Waals surface area contributed by atoms with Crippen molar-refractivity contribution >= 4 is 9.84 Å². The molecule has 0 spiro atoms. The molecule has 1 aliphatic carbocycles. The van der Waals surface area contributed by atoms with Crippen LogP contribution in [0.5, 0.6) is 0 Å². The molecular weight excluding hydrogens is 172 g/mol. The molecule has 0 aromatic rings. The van der Waals surface area contributed by atoms with Gasteiger partial charge in [0.1, 0.15) is 0 Å². The Morgan fingerprint density at radius 2 is 1.67 bits per heavy atom. The van der Waals surface area contributed by atoms with Gasteiger partial charge in [-0.25, -0.2) is 8.42 Å². The van der Waals surface area contributed by atoms with Gasteiger partial charge in [-0.05, 0) is 40.0 Å². The Morgan fingerprint density at radius 1 is 1.25 bits per heavy atom. The summed E-state index contributed by atoms with van der Waals surface area (Å²) in [5.41, 5.74) is 0. The second-order valence-corrected chi connectivity index (χ2v) is 7.75. The van der Waals surface area contributed by atoms with Gasteiger partial charge in [0, 0.05) is 0 Å². The van der Waals surface area contributed by atoms with E-state index in [4.69, 9.17) is 0 Å². The molecule has 1 fully saturated rings. The lowest BCUT2D eigenvalue weighted by atomic mass is 10.2. The summed E-state index contributed by atoms with van der Waals surface area (Å²) < 4.78 is 23.0. The molecule has 0 atom stereocenters. The van der Waals surface area contributed by atoms with Crippen LogP contribution in [0, 0.1) is 0 Å². The van der Waals surface area contributed by atoms with Crippen LogP contribution in [0.1, 0.15) is 47.0 Å². The first-order chi connectivity index (χ1) is 5.27. The minimum atomic E-state index is -2.91. The molecule has 0 bridgehead atoms. The van der Waals surface area contributed by atoms with Crippen LogP contribution in [0.2, 0.25) is 0 Å². The van der Waals surface area contributed by atoms with Crippen molar-refractivity contribution in [3.05, 3.63) is 0 Å². The van der Waals surface area contributed by atoms with Gasteiger partial charge in [-0.2, -0.15) is 0 Å². The number of sulfone groups is 1. The maximum atomic E-state index is 12.0. The van der Waals surface area contributed by atoms with E-state index < -0.39 is 14.6 Å². The van der Waals surface area contributed by atoms with E-state index in [9.17, 15) is 8.42 Å². The number of rotatable bonds is 2. The zero-order valence-corrected chi connectivity index (χ0v) is 9.16. The van der Waals surface area contributed by atoms with Gasteiger partial charge in [0.2, 0.25) is 0 Å². The van der Waals surface area contributed by atoms with E-state index in [-0.39, 0.29) is 4.75 Å². The molecule has 1 aliphatic rings. The van der Waals surface area contributed by atoms with Crippen LogP contribution in [0.15, 0.2) is 0 Å². The molecule has 72 valence electrons. The van der Waals surface area contributed by atoms with E-state index in [1.54, 1.807) is 20.8 Å².